The quantitative estimate of drug-likeness (QED) is 0.235. The first kappa shape index (κ1) is 15.7. The van der Waals surface area contributed by atoms with Crippen molar-refractivity contribution < 1.29 is 14.1 Å². The molecular formula is C10H16ClO3PS. The number of allylic oxidation sites excluding steroid dienone is 2. The topological polar surface area (TPSA) is 35.5 Å². The average molecular weight is 283 g/mol. The third-order valence-electron chi connectivity index (χ3n) is 1.58. The van der Waals surface area contributed by atoms with E-state index in [1.165, 1.54) is 13.2 Å². The second kappa shape index (κ2) is 7.88. The molecule has 0 rings (SSSR count). The Morgan fingerprint density at radius 1 is 1.62 bits per heavy atom. The van der Waals surface area contributed by atoms with Crippen LogP contribution >= 0.6 is 16.9 Å². The number of methoxy groups -OCH3 is 1. The molecular weight excluding hydrogens is 267 g/mol. The van der Waals surface area contributed by atoms with E-state index in [1.807, 2.05) is 6.92 Å². The number of carbonyl (C=O) groups is 1. The molecule has 0 radical (unpaired) electrons. The summed E-state index contributed by atoms with van der Waals surface area (Å²) in [7, 11) is 1.31. The van der Waals surface area contributed by atoms with Crippen LogP contribution in [0.1, 0.15) is 19.8 Å². The summed E-state index contributed by atoms with van der Waals surface area (Å²) < 4.78 is 9.99. The van der Waals surface area contributed by atoms with Crippen LogP contribution in [-0.2, 0) is 25.9 Å². The minimum Gasteiger partial charge on any atom is -0.466 e. The molecule has 0 aliphatic rings. The number of hydrogen-bond donors (Lipinski definition) is 0. The summed E-state index contributed by atoms with van der Waals surface area (Å²) >= 11 is 11.1. The maximum absolute atomic E-state index is 11.1. The molecule has 0 saturated heterocycles. The molecule has 0 spiro atoms. The fraction of sp³-hybridized carbons (Fsp3) is 0.500. The minimum atomic E-state index is -2.43. The molecule has 0 aliphatic heterocycles. The van der Waals surface area contributed by atoms with Crippen LogP contribution < -0.4 is 0 Å². The van der Waals surface area contributed by atoms with E-state index in [4.69, 9.17) is 27.6 Å². The molecule has 3 nitrogen and oxygen atoms in total. The Morgan fingerprint density at radius 3 is 2.69 bits per heavy atom. The van der Waals surface area contributed by atoms with Gasteiger partial charge in [-0.25, -0.2) is 4.79 Å². The van der Waals surface area contributed by atoms with E-state index in [1.54, 1.807) is 6.08 Å². The summed E-state index contributed by atoms with van der Waals surface area (Å²) in [6.07, 6.45) is 4.78. The second-order valence-electron chi connectivity index (χ2n) is 3.04. The lowest BCUT2D eigenvalue weighted by molar-refractivity contribution is -0.135. The zero-order valence-electron chi connectivity index (χ0n) is 9.44. The highest BCUT2D eigenvalue weighted by Crippen LogP contribution is 2.54. The Kier molecular flexibility index (Phi) is 7.73. The molecule has 0 aromatic carbocycles. The first-order valence-electron chi connectivity index (χ1n) is 4.83. The van der Waals surface area contributed by atoms with Gasteiger partial charge in [0.1, 0.15) is 5.76 Å². The number of rotatable bonds is 7. The van der Waals surface area contributed by atoms with Crippen molar-refractivity contribution in [2.45, 2.75) is 19.8 Å². The van der Waals surface area contributed by atoms with E-state index >= 15 is 0 Å². The molecule has 1 unspecified atom stereocenters. The van der Waals surface area contributed by atoms with Gasteiger partial charge in [0.2, 0.25) is 5.62 Å². The molecule has 16 heavy (non-hydrogen) atoms. The molecule has 0 N–H and O–H groups in total. The molecule has 0 fully saturated rings. The fourth-order valence-corrected chi connectivity index (χ4v) is 2.99. The molecule has 1 atom stereocenters. The van der Waals surface area contributed by atoms with Crippen molar-refractivity contribution in [2.24, 2.45) is 0 Å². The predicted molar refractivity (Wildman–Crippen MR) is 71.3 cm³/mol. The van der Waals surface area contributed by atoms with Crippen LogP contribution in [0.2, 0.25) is 0 Å². The van der Waals surface area contributed by atoms with Crippen molar-refractivity contribution in [2.75, 3.05) is 13.3 Å². The van der Waals surface area contributed by atoms with Gasteiger partial charge in [-0.15, -0.1) is 6.58 Å². The van der Waals surface area contributed by atoms with Gasteiger partial charge in [-0.2, -0.15) is 0 Å². The zero-order valence-corrected chi connectivity index (χ0v) is 11.9. The Morgan fingerprint density at radius 2 is 2.25 bits per heavy atom. The van der Waals surface area contributed by atoms with E-state index in [9.17, 15) is 4.79 Å². The molecule has 0 saturated carbocycles. The molecule has 0 bridgehead atoms. The highest BCUT2D eigenvalue weighted by Gasteiger charge is 2.15. The van der Waals surface area contributed by atoms with Crippen LogP contribution in [0.15, 0.2) is 24.5 Å². The number of hydrogen-bond acceptors (Lipinski definition) is 4. The second-order valence-corrected chi connectivity index (χ2v) is 8.77. The van der Waals surface area contributed by atoms with Crippen molar-refractivity contribution in [3.05, 3.63) is 24.5 Å². The molecule has 6 heteroatoms. The highest BCUT2D eigenvalue weighted by atomic mass is 35.7. The summed E-state index contributed by atoms with van der Waals surface area (Å²) in [5.74, 6) is 0.0169. The van der Waals surface area contributed by atoms with E-state index in [-0.39, 0.29) is 0 Å². The van der Waals surface area contributed by atoms with Crippen molar-refractivity contribution in [3.8, 4) is 0 Å². The Labute approximate surface area is 106 Å². The third-order valence-corrected chi connectivity index (χ3v) is 4.07. The number of carbonyl (C=O) groups excluding carboxylic acids is 1. The number of esters is 1. The summed E-state index contributed by atoms with van der Waals surface area (Å²) in [5.41, 5.74) is -2.43. The standard InChI is InChI=1S/C10H16ClO3PS/c1-4-6-9(8-10(12)13-3)14-15(11,16)7-5-2/h5,8H,2,4,6-7H2,1,3H3. The minimum absolute atomic E-state index is 0.423. The van der Waals surface area contributed by atoms with Crippen molar-refractivity contribution >= 4 is 34.6 Å². The number of ether oxygens (including phenoxy) is 1. The molecule has 0 heterocycles. The molecule has 0 amide bonds. The lowest BCUT2D eigenvalue weighted by atomic mass is 10.3. The van der Waals surface area contributed by atoms with Gasteiger partial charge in [0.15, 0.2) is 0 Å². The van der Waals surface area contributed by atoms with E-state index in [0.717, 1.165) is 6.42 Å². The van der Waals surface area contributed by atoms with E-state index < -0.39 is 11.6 Å². The number of halogens is 1. The monoisotopic (exact) mass is 282 g/mol. The van der Waals surface area contributed by atoms with E-state index in [2.05, 4.69) is 11.3 Å². The first-order valence-corrected chi connectivity index (χ1v) is 8.64. The van der Waals surface area contributed by atoms with Gasteiger partial charge in [-0.1, -0.05) is 13.0 Å². The van der Waals surface area contributed by atoms with Gasteiger partial charge in [-0.05, 0) is 29.5 Å². The molecule has 0 aromatic rings. The Hall–Kier alpha value is -0.310. The van der Waals surface area contributed by atoms with Crippen molar-refractivity contribution in [1.29, 1.82) is 0 Å². The SMILES string of the molecule is C=CCP(=S)(Cl)OC(=CC(=O)OC)CCC. The third kappa shape index (κ3) is 7.04. The van der Waals surface area contributed by atoms with Gasteiger partial charge in [0, 0.05) is 12.6 Å². The van der Waals surface area contributed by atoms with Crippen LogP contribution in [-0.4, -0.2) is 19.2 Å². The fourth-order valence-electron chi connectivity index (χ4n) is 0.948. The average Bonchev–Trinajstić information content (AvgIpc) is 2.16. The van der Waals surface area contributed by atoms with Gasteiger partial charge in [0.25, 0.3) is 0 Å². The van der Waals surface area contributed by atoms with Gasteiger partial charge >= 0.3 is 5.97 Å². The van der Waals surface area contributed by atoms with Crippen LogP contribution in [0, 0.1) is 0 Å². The van der Waals surface area contributed by atoms with Crippen molar-refractivity contribution in [3.63, 3.8) is 0 Å². The van der Waals surface area contributed by atoms with Gasteiger partial charge in [0.05, 0.1) is 13.2 Å². The van der Waals surface area contributed by atoms with Gasteiger partial charge < -0.3 is 9.26 Å². The van der Waals surface area contributed by atoms with Crippen LogP contribution in [0.3, 0.4) is 0 Å². The van der Waals surface area contributed by atoms with E-state index in [0.29, 0.717) is 18.3 Å². The largest absolute Gasteiger partial charge is 0.466 e. The zero-order chi connectivity index (χ0) is 12.6. The summed E-state index contributed by atoms with van der Waals surface area (Å²) in [4.78, 5) is 11.1. The predicted octanol–water partition coefficient (Wildman–Crippen LogP) is 3.59. The van der Waals surface area contributed by atoms with Crippen LogP contribution in [0.4, 0.5) is 0 Å². The normalized spacial score (nSPS) is 15.1. The first-order chi connectivity index (χ1) is 7.45. The Bertz CT molecular complexity index is 328. The van der Waals surface area contributed by atoms with Crippen LogP contribution in [0.25, 0.3) is 0 Å². The molecule has 92 valence electrons. The van der Waals surface area contributed by atoms with Crippen molar-refractivity contribution in [1.82, 2.24) is 0 Å². The van der Waals surface area contributed by atoms with Crippen LogP contribution in [0.5, 0.6) is 0 Å². The summed E-state index contributed by atoms with van der Waals surface area (Å²) in [6.45, 7) is 5.53. The summed E-state index contributed by atoms with van der Waals surface area (Å²) in [5, 5.41) is 0. The van der Waals surface area contributed by atoms with Gasteiger partial charge in [-0.3, -0.25) is 0 Å². The maximum Gasteiger partial charge on any atom is 0.333 e. The lowest BCUT2D eigenvalue weighted by Gasteiger charge is -2.16. The molecule has 0 aromatic heterocycles. The Balaban J connectivity index is 4.68. The smallest absolute Gasteiger partial charge is 0.333 e. The molecule has 0 aliphatic carbocycles. The lowest BCUT2D eigenvalue weighted by Crippen LogP contribution is -1.99. The highest BCUT2D eigenvalue weighted by molar-refractivity contribution is 8.24. The summed E-state index contributed by atoms with van der Waals surface area (Å²) in [6, 6.07) is 0. The maximum atomic E-state index is 11.1.